The predicted molar refractivity (Wildman–Crippen MR) is 282 cm³/mol. The van der Waals surface area contributed by atoms with E-state index in [-0.39, 0.29) is 57.0 Å². The largest absolute Gasteiger partial charge is 0.462 e. The monoisotopic (exact) mass is 1090 g/mol. The second-order valence-corrected chi connectivity index (χ2v) is 19.9. The number of nitrogens with one attached hydrogen (secondary N) is 3. The van der Waals surface area contributed by atoms with E-state index in [0.717, 1.165) is 0 Å². The van der Waals surface area contributed by atoms with Gasteiger partial charge in [0.15, 0.2) is 12.1 Å². The molecular weight excluding hydrogens is 1010 g/mol. The van der Waals surface area contributed by atoms with E-state index in [1.807, 2.05) is 19.1 Å². The summed E-state index contributed by atoms with van der Waals surface area (Å²) < 4.78 is 35.2. The van der Waals surface area contributed by atoms with Crippen LogP contribution in [0, 0.1) is 11.8 Å². The topological polar surface area (TPSA) is 342 Å². The van der Waals surface area contributed by atoms with Gasteiger partial charge in [-0.05, 0) is 40.0 Å². The number of ether oxygens (including phenoxy) is 6. The number of fused-ring (bicyclic) bond motifs is 2. The second kappa shape index (κ2) is 34.2. The maximum absolute atomic E-state index is 13.2. The Morgan fingerprint density at radius 2 is 1.31 bits per heavy atom. The van der Waals surface area contributed by atoms with Crippen molar-refractivity contribution in [3.05, 3.63) is 97.7 Å². The fourth-order valence-electron chi connectivity index (χ4n) is 8.88. The number of Topliss-reactive ketones (excluding diaryl/α,β-unsaturated/α-hetero) is 1. The molecule has 3 aliphatic rings. The van der Waals surface area contributed by atoms with Crippen LogP contribution >= 0.6 is 0 Å². The van der Waals surface area contributed by atoms with Crippen LogP contribution in [0.4, 0.5) is 9.59 Å². The third-order valence-corrected chi connectivity index (χ3v) is 13.4. The summed E-state index contributed by atoms with van der Waals surface area (Å²) in [4.78, 5) is 50.2. The molecule has 3 amide bonds. The number of hydrogen-bond donors (Lipinski definition) is 12. The Morgan fingerprint density at radius 1 is 0.701 bits per heavy atom. The highest BCUT2D eigenvalue weighted by Crippen LogP contribution is 2.37. The average molecular weight is 1090 g/mol. The summed E-state index contributed by atoms with van der Waals surface area (Å²) in [5, 5.41) is 107. The van der Waals surface area contributed by atoms with Crippen molar-refractivity contribution in [1.82, 2.24) is 16.0 Å². The van der Waals surface area contributed by atoms with E-state index in [2.05, 4.69) is 22.5 Å². The first-order chi connectivity index (χ1) is 36.5. The number of hydrogen-bond acceptors (Lipinski definition) is 19. The lowest BCUT2D eigenvalue weighted by Gasteiger charge is -2.48. The number of aliphatic hydroxyl groups excluding tert-OH is 9. The molecule has 3 heterocycles. The van der Waals surface area contributed by atoms with E-state index in [9.17, 15) is 65.1 Å². The van der Waals surface area contributed by atoms with Gasteiger partial charge in [0.05, 0.1) is 86.1 Å². The van der Waals surface area contributed by atoms with Gasteiger partial charge in [-0.1, -0.05) is 112 Å². The number of cyclic esters (lactones) is 1. The quantitative estimate of drug-likeness (QED) is 0.116. The maximum atomic E-state index is 13.2. The molecular formula is C55H85N3O19. The Morgan fingerprint density at radius 3 is 1.91 bits per heavy atom. The highest BCUT2D eigenvalue weighted by Gasteiger charge is 2.50. The first-order valence-corrected chi connectivity index (χ1v) is 26.1. The predicted octanol–water partition coefficient (Wildman–Crippen LogP) is 1.88. The molecule has 0 aromatic heterocycles. The van der Waals surface area contributed by atoms with E-state index < -0.39 is 147 Å². The minimum Gasteiger partial charge on any atom is -0.462 e. The second-order valence-electron chi connectivity index (χ2n) is 19.9. The summed E-state index contributed by atoms with van der Waals surface area (Å²) >= 11 is 0. The van der Waals surface area contributed by atoms with Crippen molar-refractivity contribution < 1.29 is 93.6 Å². The first-order valence-electron chi connectivity index (χ1n) is 26.1. The number of rotatable bonds is 9. The molecule has 2 saturated heterocycles. The van der Waals surface area contributed by atoms with Crippen LogP contribution in [-0.2, 0) is 38.0 Å². The minimum absolute atomic E-state index is 0.104. The SMILES string of the molecule is C=CCOC(=O)N[C@@H]1[C@H](O)[C@H](O[C@H]2/C=C/C=C/C=C/C=C/C=C/C=C/C=C/[C@H](C)[C@@H](O)[C@@H](C)C(C)OC(=O)C[C@H](O)C[C@H](O)CC[C@@H](O)[C@H](O)C[C@H](O)C[C@]3(OC)C[C@H](O)[C@@H](NC(=O)NCC(C)=O)[C@H](C2)O3)O[C@H](C)[C@H]1O. The highest BCUT2D eigenvalue weighted by atomic mass is 16.7. The van der Waals surface area contributed by atoms with Gasteiger partial charge in [0.2, 0.25) is 0 Å². The lowest BCUT2D eigenvalue weighted by Crippen LogP contribution is -2.65. The molecule has 22 heteroatoms. The molecule has 2 bridgehead atoms. The Balaban J connectivity index is 2.01. The number of alkyl carbamates (subject to hydrolysis) is 1. The van der Waals surface area contributed by atoms with Gasteiger partial charge < -0.3 is 90.3 Å². The van der Waals surface area contributed by atoms with E-state index in [1.165, 1.54) is 27.0 Å². The van der Waals surface area contributed by atoms with Gasteiger partial charge in [-0.3, -0.25) is 9.59 Å². The van der Waals surface area contributed by atoms with Gasteiger partial charge in [0.25, 0.3) is 0 Å². The molecule has 1 unspecified atom stereocenters. The standard InChI is InChI=1S/C55H85N3O19/c1-8-25-73-54(71)58-48-50(68)37(6)75-52(51(48)69)76-41-22-20-18-16-14-12-10-9-11-13-15-17-19-21-33(2)49(67)35(4)36(5)74-46(66)28-39(61)26-38(60)23-24-42(63)43(64)27-40(62)30-55(72-7)31-44(65)47(45(29-41)77-55)57-53(70)56-32-34(3)59/h8-22,33,35-45,47-52,60-65,67-69H,1,23-32H2,2-7H3,(H,58,71)(H2,56,57,70)/b10-9+,13-11+,14-12+,17-15+,18-16+,21-19+,22-20+/t33-,35-,36?,37+,38+,39+,40-,41-,42+,43+,44-,45-,47+,48-,49+,50+,51-,52-,55+/m0/s1. The summed E-state index contributed by atoms with van der Waals surface area (Å²) in [5.41, 5.74) is 0. The lowest BCUT2D eigenvalue weighted by atomic mass is 9.86. The third kappa shape index (κ3) is 23.5. The van der Waals surface area contributed by atoms with Gasteiger partial charge in [0.1, 0.15) is 30.7 Å². The molecule has 0 aliphatic carbocycles. The molecule has 22 nitrogen and oxygen atoms in total. The van der Waals surface area contributed by atoms with Gasteiger partial charge in [0, 0.05) is 44.6 Å². The fraction of sp³-hybridized carbons (Fsp3) is 0.636. The molecule has 3 rings (SSSR count). The average Bonchev–Trinajstić information content (AvgIpc) is 3.37. The number of allylic oxidation sites excluding steroid dienone is 12. The molecule has 19 atom stereocenters. The number of methoxy groups -OCH3 is 1. The first kappa shape index (κ1) is 66.4. The van der Waals surface area contributed by atoms with Crippen LogP contribution in [0.25, 0.3) is 0 Å². The fourth-order valence-corrected chi connectivity index (χ4v) is 8.88. The van der Waals surface area contributed by atoms with E-state index >= 15 is 0 Å². The van der Waals surface area contributed by atoms with Crippen molar-refractivity contribution in [2.45, 2.75) is 189 Å². The van der Waals surface area contributed by atoms with Crippen molar-refractivity contribution in [1.29, 1.82) is 0 Å². The highest BCUT2D eigenvalue weighted by molar-refractivity contribution is 5.83. The van der Waals surface area contributed by atoms with Crippen molar-refractivity contribution in [2.75, 3.05) is 20.3 Å². The van der Waals surface area contributed by atoms with E-state index in [1.54, 1.807) is 86.8 Å². The summed E-state index contributed by atoms with van der Waals surface area (Å²) in [6.45, 7) is 11.0. The Labute approximate surface area is 451 Å². The van der Waals surface area contributed by atoms with Crippen molar-refractivity contribution in [2.24, 2.45) is 11.8 Å². The summed E-state index contributed by atoms with van der Waals surface area (Å²) in [6.07, 6.45) is 4.47. The number of amides is 3. The molecule has 0 radical (unpaired) electrons. The van der Waals surface area contributed by atoms with Crippen LogP contribution < -0.4 is 16.0 Å². The van der Waals surface area contributed by atoms with Crippen LogP contribution in [0.1, 0.15) is 86.0 Å². The van der Waals surface area contributed by atoms with Gasteiger partial charge in [-0.15, -0.1) is 0 Å². The molecule has 12 N–H and O–H groups in total. The third-order valence-electron chi connectivity index (χ3n) is 13.4. The summed E-state index contributed by atoms with van der Waals surface area (Å²) in [6, 6.07) is -3.41. The van der Waals surface area contributed by atoms with Gasteiger partial charge >= 0.3 is 18.1 Å². The maximum Gasteiger partial charge on any atom is 0.407 e. The number of carbonyl (C=O) groups excluding carboxylic acids is 4. The zero-order chi connectivity index (χ0) is 57.2. The van der Waals surface area contributed by atoms with Crippen molar-refractivity contribution in [3.63, 3.8) is 0 Å². The van der Waals surface area contributed by atoms with Crippen LogP contribution in [0.5, 0.6) is 0 Å². The normalized spacial score (nSPS) is 39.9. The zero-order valence-corrected chi connectivity index (χ0v) is 44.9. The van der Waals surface area contributed by atoms with E-state index in [0.29, 0.717) is 0 Å². The number of esters is 1. The van der Waals surface area contributed by atoms with Crippen molar-refractivity contribution in [3.8, 4) is 0 Å². The number of carbonyl (C=O) groups is 4. The Hall–Kier alpha value is -4.92. The van der Waals surface area contributed by atoms with Crippen LogP contribution in [0.15, 0.2) is 97.7 Å². The number of ketones is 1. The molecule has 0 spiro atoms. The molecule has 0 aromatic carbocycles. The smallest absolute Gasteiger partial charge is 0.407 e. The Kier molecular flexibility index (Phi) is 29.4. The molecule has 0 aromatic rings. The van der Waals surface area contributed by atoms with Crippen LogP contribution in [0.2, 0.25) is 0 Å². The summed E-state index contributed by atoms with van der Waals surface area (Å²) in [7, 11) is 1.26. The number of urea groups is 1. The Bertz CT molecular complexity index is 2050. The molecule has 2 fully saturated rings. The molecule has 3 aliphatic heterocycles. The van der Waals surface area contributed by atoms with Crippen LogP contribution in [0.3, 0.4) is 0 Å². The molecule has 0 saturated carbocycles. The minimum atomic E-state index is -1.81. The zero-order valence-electron chi connectivity index (χ0n) is 44.9. The summed E-state index contributed by atoms with van der Waals surface area (Å²) in [5.74, 6) is -3.66. The van der Waals surface area contributed by atoms with Gasteiger partial charge in [-0.2, -0.15) is 0 Å². The molecule has 77 heavy (non-hydrogen) atoms. The number of aliphatic hydroxyl groups is 9. The van der Waals surface area contributed by atoms with E-state index in [4.69, 9.17) is 28.4 Å². The van der Waals surface area contributed by atoms with Crippen molar-refractivity contribution >= 4 is 23.9 Å². The molecule has 434 valence electrons. The van der Waals surface area contributed by atoms with Gasteiger partial charge in [-0.25, -0.2) is 9.59 Å². The van der Waals surface area contributed by atoms with Crippen LogP contribution in [-0.4, -0.2) is 194 Å². The lowest BCUT2D eigenvalue weighted by molar-refractivity contribution is -0.311.